The SMILES string of the molecule is CC(=O)c1cccc(S(=O)(=O)N2CCN(Cc3cccc4ccccc34)CC2)c1. The molecule has 0 unspecified atom stereocenters. The summed E-state index contributed by atoms with van der Waals surface area (Å²) < 4.78 is 27.5. The number of benzene rings is 3. The maximum absolute atomic E-state index is 13.0. The molecular formula is C23H24N2O3S. The van der Waals surface area contributed by atoms with Gasteiger partial charge in [0, 0.05) is 38.3 Å². The first-order valence-electron chi connectivity index (χ1n) is 9.75. The van der Waals surface area contributed by atoms with Gasteiger partial charge in [0.25, 0.3) is 0 Å². The van der Waals surface area contributed by atoms with Crippen molar-refractivity contribution in [2.24, 2.45) is 0 Å². The van der Waals surface area contributed by atoms with E-state index in [0.717, 1.165) is 6.54 Å². The lowest BCUT2D eigenvalue weighted by molar-refractivity contribution is 0.101. The summed E-state index contributed by atoms with van der Waals surface area (Å²) in [6.07, 6.45) is 0. The summed E-state index contributed by atoms with van der Waals surface area (Å²) in [4.78, 5) is 14.1. The Labute approximate surface area is 171 Å². The third kappa shape index (κ3) is 4.10. The van der Waals surface area contributed by atoms with Crippen molar-refractivity contribution in [2.45, 2.75) is 18.4 Å². The first kappa shape index (κ1) is 19.8. The summed E-state index contributed by atoms with van der Waals surface area (Å²) in [6, 6.07) is 20.9. The van der Waals surface area contributed by atoms with Crippen LogP contribution in [0.1, 0.15) is 22.8 Å². The molecule has 1 aliphatic rings. The normalized spacial score (nSPS) is 16.2. The van der Waals surface area contributed by atoms with E-state index >= 15 is 0 Å². The number of fused-ring (bicyclic) bond motifs is 1. The second-order valence-electron chi connectivity index (χ2n) is 7.40. The van der Waals surface area contributed by atoms with E-state index in [1.165, 1.54) is 33.6 Å². The highest BCUT2D eigenvalue weighted by Gasteiger charge is 2.29. The number of Topliss-reactive ketones (excluding diaryl/α,β-unsaturated/α-hetero) is 1. The van der Waals surface area contributed by atoms with E-state index < -0.39 is 10.0 Å². The highest BCUT2D eigenvalue weighted by Crippen LogP contribution is 2.23. The van der Waals surface area contributed by atoms with Gasteiger partial charge in [0.2, 0.25) is 10.0 Å². The molecule has 0 aromatic heterocycles. The number of sulfonamides is 1. The Hall–Kier alpha value is -2.54. The molecule has 29 heavy (non-hydrogen) atoms. The molecule has 150 valence electrons. The molecule has 1 heterocycles. The Bertz CT molecular complexity index is 1140. The van der Waals surface area contributed by atoms with Crippen LogP contribution < -0.4 is 0 Å². The lowest BCUT2D eigenvalue weighted by Crippen LogP contribution is -2.48. The first-order chi connectivity index (χ1) is 13.9. The third-order valence-electron chi connectivity index (χ3n) is 5.48. The molecule has 3 aromatic rings. The van der Waals surface area contributed by atoms with Gasteiger partial charge in [-0.2, -0.15) is 4.31 Å². The molecule has 0 aliphatic carbocycles. The van der Waals surface area contributed by atoms with E-state index in [1.807, 2.05) is 12.1 Å². The average molecular weight is 409 g/mol. The minimum atomic E-state index is -3.59. The molecule has 4 rings (SSSR count). The fraction of sp³-hybridized carbons (Fsp3) is 0.261. The zero-order valence-electron chi connectivity index (χ0n) is 16.4. The van der Waals surface area contributed by atoms with Crippen LogP contribution in [-0.4, -0.2) is 49.6 Å². The number of hydrogen-bond donors (Lipinski definition) is 0. The summed E-state index contributed by atoms with van der Waals surface area (Å²) in [7, 11) is -3.59. The summed E-state index contributed by atoms with van der Waals surface area (Å²) in [6.45, 7) is 4.48. The third-order valence-corrected chi connectivity index (χ3v) is 7.38. The van der Waals surface area contributed by atoms with Crippen molar-refractivity contribution in [3.05, 3.63) is 77.9 Å². The van der Waals surface area contributed by atoms with Crippen LogP contribution in [0, 0.1) is 0 Å². The van der Waals surface area contributed by atoms with Crippen LogP contribution in [0.3, 0.4) is 0 Å². The van der Waals surface area contributed by atoms with Gasteiger partial charge in [0.15, 0.2) is 5.78 Å². The number of nitrogens with zero attached hydrogens (tertiary/aromatic N) is 2. The molecule has 0 amide bonds. The maximum atomic E-state index is 13.0. The lowest BCUT2D eigenvalue weighted by Gasteiger charge is -2.34. The number of rotatable bonds is 5. The molecule has 1 aliphatic heterocycles. The summed E-state index contributed by atoms with van der Waals surface area (Å²) >= 11 is 0. The van der Waals surface area contributed by atoms with E-state index in [-0.39, 0.29) is 10.7 Å². The molecule has 0 saturated carbocycles. The van der Waals surface area contributed by atoms with Crippen molar-refractivity contribution in [1.82, 2.24) is 9.21 Å². The maximum Gasteiger partial charge on any atom is 0.243 e. The smallest absolute Gasteiger partial charge is 0.243 e. The van der Waals surface area contributed by atoms with Gasteiger partial charge in [-0.3, -0.25) is 9.69 Å². The van der Waals surface area contributed by atoms with Crippen molar-refractivity contribution in [1.29, 1.82) is 0 Å². The Kier molecular flexibility index (Phi) is 5.50. The van der Waals surface area contributed by atoms with E-state index in [4.69, 9.17) is 0 Å². The van der Waals surface area contributed by atoms with E-state index in [2.05, 4.69) is 35.2 Å². The molecule has 0 N–H and O–H groups in total. The largest absolute Gasteiger partial charge is 0.296 e. The number of carbonyl (C=O) groups is 1. The molecule has 3 aromatic carbocycles. The van der Waals surface area contributed by atoms with Crippen LogP contribution >= 0.6 is 0 Å². The van der Waals surface area contributed by atoms with Gasteiger partial charge in [-0.1, -0.05) is 54.6 Å². The van der Waals surface area contributed by atoms with Crippen LogP contribution in [0.4, 0.5) is 0 Å². The van der Waals surface area contributed by atoms with E-state index in [0.29, 0.717) is 31.7 Å². The average Bonchev–Trinajstić information content (AvgIpc) is 2.74. The van der Waals surface area contributed by atoms with Crippen molar-refractivity contribution in [3.8, 4) is 0 Å². The van der Waals surface area contributed by atoms with Gasteiger partial charge in [-0.25, -0.2) is 8.42 Å². The van der Waals surface area contributed by atoms with E-state index in [9.17, 15) is 13.2 Å². The standard InChI is InChI=1S/C23H24N2O3S/c1-18(26)20-8-5-10-22(16-20)29(27,28)25-14-12-24(13-15-25)17-21-9-4-7-19-6-2-3-11-23(19)21/h2-11,16H,12-15,17H2,1H3. The minimum Gasteiger partial charge on any atom is -0.296 e. The highest BCUT2D eigenvalue weighted by atomic mass is 32.2. The number of ketones is 1. The van der Waals surface area contributed by atoms with E-state index in [1.54, 1.807) is 18.2 Å². The number of carbonyl (C=O) groups excluding carboxylic acids is 1. The lowest BCUT2D eigenvalue weighted by atomic mass is 10.0. The van der Waals surface area contributed by atoms with Gasteiger partial charge in [0.1, 0.15) is 0 Å². The van der Waals surface area contributed by atoms with Crippen LogP contribution in [0.5, 0.6) is 0 Å². The Balaban J connectivity index is 1.46. The minimum absolute atomic E-state index is 0.137. The summed E-state index contributed by atoms with van der Waals surface area (Å²) in [5, 5.41) is 2.46. The zero-order valence-corrected chi connectivity index (χ0v) is 17.2. The fourth-order valence-corrected chi connectivity index (χ4v) is 5.29. The van der Waals surface area contributed by atoms with Gasteiger partial charge < -0.3 is 0 Å². The monoisotopic (exact) mass is 408 g/mol. The summed E-state index contributed by atoms with van der Waals surface area (Å²) in [5.41, 5.74) is 1.68. The Morgan fingerprint density at radius 2 is 1.59 bits per heavy atom. The van der Waals surface area contributed by atoms with Crippen molar-refractivity contribution >= 4 is 26.6 Å². The van der Waals surface area contributed by atoms with Crippen LogP contribution in [-0.2, 0) is 16.6 Å². The van der Waals surface area contributed by atoms with Crippen LogP contribution in [0.15, 0.2) is 71.6 Å². The molecule has 6 heteroatoms. The van der Waals surface area contributed by atoms with Crippen LogP contribution in [0.25, 0.3) is 10.8 Å². The predicted molar refractivity (Wildman–Crippen MR) is 114 cm³/mol. The molecule has 1 fully saturated rings. The molecular weight excluding hydrogens is 384 g/mol. The number of piperazine rings is 1. The van der Waals surface area contributed by atoms with Crippen molar-refractivity contribution in [3.63, 3.8) is 0 Å². The van der Waals surface area contributed by atoms with Crippen LogP contribution in [0.2, 0.25) is 0 Å². The van der Waals surface area contributed by atoms with Crippen molar-refractivity contribution < 1.29 is 13.2 Å². The molecule has 0 spiro atoms. The highest BCUT2D eigenvalue weighted by molar-refractivity contribution is 7.89. The van der Waals surface area contributed by atoms with Crippen molar-refractivity contribution in [2.75, 3.05) is 26.2 Å². The molecule has 0 atom stereocenters. The van der Waals surface area contributed by atoms with Gasteiger partial charge >= 0.3 is 0 Å². The molecule has 5 nitrogen and oxygen atoms in total. The second-order valence-corrected chi connectivity index (χ2v) is 9.34. The molecule has 0 bridgehead atoms. The zero-order chi connectivity index (χ0) is 20.4. The Morgan fingerprint density at radius 3 is 2.34 bits per heavy atom. The van der Waals surface area contributed by atoms with Gasteiger partial charge in [0.05, 0.1) is 4.90 Å². The quantitative estimate of drug-likeness (QED) is 0.606. The fourth-order valence-electron chi connectivity index (χ4n) is 3.82. The predicted octanol–water partition coefficient (Wildman–Crippen LogP) is 3.55. The topological polar surface area (TPSA) is 57.7 Å². The van der Waals surface area contributed by atoms with Gasteiger partial charge in [-0.15, -0.1) is 0 Å². The second kappa shape index (κ2) is 8.06. The Morgan fingerprint density at radius 1 is 0.897 bits per heavy atom. The molecule has 0 radical (unpaired) electrons. The number of hydrogen-bond acceptors (Lipinski definition) is 4. The molecule has 1 saturated heterocycles. The van der Waals surface area contributed by atoms with Gasteiger partial charge in [-0.05, 0) is 35.4 Å². The summed E-state index contributed by atoms with van der Waals surface area (Å²) in [5.74, 6) is -0.137. The first-order valence-corrected chi connectivity index (χ1v) is 11.2.